The Morgan fingerprint density at radius 3 is 2.42 bits per heavy atom. The number of carbonyl (C=O) groups excluding carboxylic acids is 2. The molecular weight excluding hydrogens is 352 g/mol. The van der Waals surface area contributed by atoms with Crippen LogP contribution in [0.25, 0.3) is 0 Å². The number of phenols is 1. The van der Waals surface area contributed by atoms with Crippen LogP contribution in [0.1, 0.15) is 27.0 Å². The number of phenolic OH excluding ortho intramolecular Hbond substituents is 1. The molecule has 0 radical (unpaired) electrons. The first kappa shape index (κ1) is 19.3. The number of rotatable bonds is 5. The summed E-state index contributed by atoms with van der Waals surface area (Å²) in [4.78, 5) is 24.9. The van der Waals surface area contributed by atoms with Crippen LogP contribution >= 0.6 is 11.8 Å². The van der Waals surface area contributed by atoms with Crippen molar-refractivity contribution in [1.29, 1.82) is 5.26 Å². The van der Waals surface area contributed by atoms with Crippen LogP contribution in [0.2, 0.25) is 0 Å². The topological polar surface area (TPSA) is 99.4 Å². The highest BCUT2D eigenvalue weighted by Gasteiger charge is 2.15. The van der Waals surface area contributed by atoms with E-state index in [-0.39, 0.29) is 11.3 Å². The van der Waals surface area contributed by atoms with Gasteiger partial charge < -0.3 is 15.2 Å². The van der Waals surface area contributed by atoms with Crippen molar-refractivity contribution in [3.8, 4) is 11.2 Å². The number of aromatic hydroxyl groups is 1. The number of thioether (sulfide) groups is 1. The molecule has 0 heterocycles. The van der Waals surface area contributed by atoms with Crippen LogP contribution < -0.4 is 5.32 Å². The third kappa shape index (κ3) is 4.77. The summed E-state index contributed by atoms with van der Waals surface area (Å²) in [6.07, 6.45) is 0. The minimum absolute atomic E-state index is 0.00800. The molecule has 0 spiro atoms. The maximum absolute atomic E-state index is 12.1. The fourth-order valence-electron chi connectivity index (χ4n) is 2.43. The quantitative estimate of drug-likeness (QED) is 0.473. The van der Waals surface area contributed by atoms with Gasteiger partial charge in [-0.2, -0.15) is 5.26 Å². The van der Waals surface area contributed by atoms with E-state index in [9.17, 15) is 14.7 Å². The zero-order valence-corrected chi connectivity index (χ0v) is 15.4. The van der Waals surface area contributed by atoms with Crippen molar-refractivity contribution in [3.05, 3.63) is 52.6 Å². The van der Waals surface area contributed by atoms with E-state index in [2.05, 4.69) is 5.32 Å². The number of aryl methyl sites for hydroxylation is 3. The van der Waals surface area contributed by atoms with Crippen molar-refractivity contribution >= 4 is 29.3 Å². The van der Waals surface area contributed by atoms with Crippen LogP contribution in [0.5, 0.6) is 5.75 Å². The number of hydrogen-bond acceptors (Lipinski definition) is 6. The maximum atomic E-state index is 12.1. The molecule has 6 nitrogen and oxygen atoms in total. The van der Waals surface area contributed by atoms with Gasteiger partial charge in [-0.3, -0.25) is 4.79 Å². The highest BCUT2D eigenvalue weighted by Crippen LogP contribution is 2.27. The Morgan fingerprint density at radius 2 is 1.85 bits per heavy atom. The number of nitriles is 1. The Labute approximate surface area is 155 Å². The second-order valence-corrected chi connectivity index (χ2v) is 6.63. The van der Waals surface area contributed by atoms with Crippen molar-refractivity contribution in [2.75, 3.05) is 11.9 Å². The number of ether oxygens (including phenoxy) is 1. The molecule has 0 saturated heterocycles. The van der Waals surface area contributed by atoms with E-state index >= 15 is 0 Å². The lowest BCUT2D eigenvalue weighted by atomic mass is 10.1. The number of carbonyl (C=O) groups is 2. The number of esters is 1. The van der Waals surface area contributed by atoms with Crippen LogP contribution in [0.4, 0.5) is 5.69 Å². The SMILES string of the molecule is Cc1ccc(C(=O)OCC(=O)Nc2c(C)cc(SC#N)cc2C)c(O)c1. The molecule has 0 bridgehead atoms. The van der Waals surface area contributed by atoms with Crippen LogP contribution in [0.3, 0.4) is 0 Å². The molecule has 2 aromatic rings. The number of benzene rings is 2. The fraction of sp³-hybridized carbons (Fsp3) is 0.211. The van der Waals surface area contributed by atoms with E-state index in [1.165, 1.54) is 12.1 Å². The number of nitrogens with zero attached hydrogens (tertiary/aromatic N) is 1. The largest absolute Gasteiger partial charge is 0.507 e. The van der Waals surface area contributed by atoms with Crippen molar-refractivity contribution in [1.82, 2.24) is 0 Å². The van der Waals surface area contributed by atoms with Gasteiger partial charge in [-0.15, -0.1) is 0 Å². The van der Waals surface area contributed by atoms with Crippen molar-refractivity contribution < 1.29 is 19.4 Å². The van der Waals surface area contributed by atoms with E-state index in [1.54, 1.807) is 25.1 Å². The van der Waals surface area contributed by atoms with Crippen LogP contribution in [0, 0.1) is 31.4 Å². The van der Waals surface area contributed by atoms with Gasteiger partial charge >= 0.3 is 5.97 Å². The monoisotopic (exact) mass is 370 g/mol. The number of anilines is 1. The Balaban J connectivity index is 2.01. The smallest absolute Gasteiger partial charge is 0.342 e. The second kappa shape index (κ2) is 8.41. The van der Waals surface area contributed by atoms with Crippen LogP contribution in [-0.4, -0.2) is 23.6 Å². The summed E-state index contributed by atoms with van der Waals surface area (Å²) in [5.41, 5.74) is 3.04. The van der Waals surface area contributed by atoms with E-state index in [4.69, 9.17) is 10.00 Å². The van der Waals surface area contributed by atoms with Gasteiger partial charge in [0, 0.05) is 10.6 Å². The molecule has 0 aliphatic carbocycles. The van der Waals surface area contributed by atoms with Gasteiger partial charge in [0.05, 0.1) is 0 Å². The Bertz CT molecular complexity index is 880. The zero-order valence-electron chi connectivity index (χ0n) is 14.6. The summed E-state index contributed by atoms with van der Waals surface area (Å²) in [6.45, 7) is 4.95. The Kier molecular flexibility index (Phi) is 6.26. The number of hydrogen-bond donors (Lipinski definition) is 2. The molecule has 26 heavy (non-hydrogen) atoms. The van der Waals surface area contributed by atoms with Gasteiger partial charge in [0.25, 0.3) is 5.91 Å². The van der Waals surface area contributed by atoms with Gasteiger partial charge in [0.15, 0.2) is 6.61 Å². The van der Waals surface area contributed by atoms with Gasteiger partial charge in [-0.1, -0.05) is 6.07 Å². The van der Waals surface area contributed by atoms with Gasteiger partial charge in [-0.25, -0.2) is 4.79 Å². The van der Waals surface area contributed by atoms with Gasteiger partial charge in [0.2, 0.25) is 0 Å². The van der Waals surface area contributed by atoms with Crippen LogP contribution in [0.15, 0.2) is 35.2 Å². The average molecular weight is 370 g/mol. The number of nitrogens with one attached hydrogen (secondary N) is 1. The highest BCUT2D eigenvalue weighted by atomic mass is 32.2. The third-order valence-electron chi connectivity index (χ3n) is 3.64. The zero-order chi connectivity index (χ0) is 19.3. The lowest BCUT2D eigenvalue weighted by Gasteiger charge is -2.13. The summed E-state index contributed by atoms with van der Waals surface area (Å²) in [5, 5.41) is 23.2. The average Bonchev–Trinajstić information content (AvgIpc) is 2.56. The molecule has 134 valence electrons. The van der Waals surface area contributed by atoms with E-state index in [0.717, 1.165) is 33.3 Å². The van der Waals surface area contributed by atoms with Crippen molar-refractivity contribution in [2.45, 2.75) is 25.7 Å². The van der Waals surface area contributed by atoms with E-state index < -0.39 is 18.5 Å². The van der Waals surface area contributed by atoms with Gasteiger partial charge in [-0.05, 0) is 73.5 Å². The molecule has 7 heteroatoms. The standard InChI is InChI=1S/C19H18N2O4S/c1-11-4-5-15(16(22)6-11)19(24)25-9-17(23)21-18-12(2)7-14(26-10-20)8-13(18)3/h4-8,22H,9H2,1-3H3,(H,21,23). The summed E-state index contributed by atoms with van der Waals surface area (Å²) in [6, 6.07) is 8.17. The summed E-state index contributed by atoms with van der Waals surface area (Å²) in [7, 11) is 0. The first-order valence-corrected chi connectivity index (χ1v) is 8.57. The van der Waals surface area contributed by atoms with Crippen LogP contribution in [-0.2, 0) is 9.53 Å². The predicted octanol–water partition coefficient (Wildman–Crippen LogP) is 3.69. The molecular formula is C19H18N2O4S. The number of amides is 1. The Morgan fingerprint density at radius 1 is 1.19 bits per heavy atom. The Hall–Kier alpha value is -2.98. The normalized spacial score (nSPS) is 10.1. The molecule has 0 unspecified atom stereocenters. The molecule has 1 amide bonds. The van der Waals surface area contributed by atoms with Crippen molar-refractivity contribution in [2.24, 2.45) is 0 Å². The van der Waals surface area contributed by atoms with Crippen molar-refractivity contribution in [3.63, 3.8) is 0 Å². The molecule has 2 aromatic carbocycles. The molecule has 0 aliphatic heterocycles. The van der Waals surface area contributed by atoms with E-state index in [1.807, 2.05) is 19.2 Å². The van der Waals surface area contributed by atoms with E-state index in [0.29, 0.717) is 5.69 Å². The summed E-state index contributed by atoms with van der Waals surface area (Å²) >= 11 is 1.05. The molecule has 2 rings (SSSR count). The third-order valence-corrected chi connectivity index (χ3v) is 4.20. The minimum atomic E-state index is -0.771. The fourth-order valence-corrected chi connectivity index (χ4v) is 3.01. The first-order chi connectivity index (χ1) is 12.3. The lowest BCUT2D eigenvalue weighted by Crippen LogP contribution is -2.22. The summed E-state index contributed by atoms with van der Waals surface area (Å²) < 4.78 is 4.97. The molecule has 2 N–H and O–H groups in total. The maximum Gasteiger partial charge on any atom is 0.342 e. The second-order valence-electron chi connectivity index (χ2n) is 5.77. The molecule has 0 aromatic heterocycles. The lowest BCUT2D eigenvalue weighted by molar-refractivity contribution is -0.119. The minimum Gasteiger partial charge on any atom is -0.507 e. The first-order valence-electron chi connectivity index (χ1n) is 7.75. The molecule has 0 saturated carbocycles. The molecule has 0 aliphatic rings. The molecule has 0 fully saturated rings. The predicted molar refractivity (Wildman–Crippen MR) is 99.1 cm³/mol. The highest BCUT2D eigenvalue weighted by molar-refractivity contribution is 8.03. The number of thiocyanates is 1. The molecule has 0 atom stereocenters. The summed E-state index contributed by atoms with van der Waals surface area (Å²) in [5.74, 6) is -1.45. The van der Waals surface area contributed by atoms with Gasteiger partial charge in [0.1, 0.15) is 16.7 Å².